The maximum atomic E-state index is 13.1. The summed E-state index contributed by atoms with van der Waals surface area (Å²) in [6.45, 7) is 6.94. The summed E-state index contributed by atoms with van der Waals surface area (Å²) >= 11 is 0. The van der Waals surface area contributed by atoms with Crippen molar-refractivity contribution in [3.05, 3.63) is 64.7 Å². The molecule has 3 rings (SSSR count). The van der Waals surface area contributed by atoms with E-state index in [1.807, 2.05) is 51.1 Å². The molecular formula is C26H31NO5. The molecule has 1 N–H and O–H groups in total. The van der Waals surface area contributed by atoms with Crippen LogP contribution in [0, 0.1) is 6.92 Å². The third-order valence-corrected chi connectivity index (χ3v) is 5.55. The Balaban J connectivity index is 2.19. The molecule has 1 aliphatic rings. The largest absolute Gasteiger partial charge is 0.507 e. The third kappa shape index (κ3) is 4.64. The van der Waals surface area contributed by atoms with Gasteiger partial charge in [0, 0.05) is 6.54 Å². The van der Waals surface area contributed by atoms with Crippen LogP contribution in [0.1, 0.15) is 55.8 Å². The summed E-state index contributed by atoms with van der Waals surface area (Å²) < 4.78 is 11.2. The van der Waals surface area contributed by atoms with E-state index in [0.29, 0.717) is 30.2 Å². The van der Waals surface area contributed by atoms with Crippen LogP contribution in [-0.4, -0.2) is 42.0 Å². The Labute approximate surface area is 189 Å². The number of aliphatic hydroxyl groups excluding tert-OH is 1. The van der Waals surface area contributed by atoms with Crippen LogP contribution in [0.5, 0.6) is 11.5 Å². The molecule has 0 spiro atoms. The third-order valence-electron chi connectivity index (χ3n) is 5.55. The van der Waals surface area contributed by atoms with Gasteiger partial charge in [-0.1, -0.05) is 44.0 Å². The number of ketones is 1. The number of carbonyl (C=O) groups excluding carboxylic acids is 2. The number of aliphatic hydroxyl groups is 1. The Morgan fingerprint density at radius 1 is 1.09 bits per heavy atom. The minimum Gasteiger partial charge on any atom is -0.507 e. The highest BCUT2D eigenvalue weighted by Crippen LogP contribution is 2.41. The predicted molar refractivity (Wildman–Crippen MR) is 124 cm³/mol. The van der Waals surface area contributed by atoms with Crippen LogP contribution in [0.15, 0.2) is 48.0 Å². The van der Waals surface area contributed by atoms with E-state index >= 15 is 0 Å². The summed E-state index contributed by atoms with van der Waals surface area (Å²) in [4.78, 5) is 27.7. The maximum absolute atomic E-state index is 13.1. The zero-order valence-electron chi connectivity index (χ0n) is 19.2. The summed E-state index contributed by atoms with van der Waals surface area (Å²) in [6.07, 6.45) is 2.50. The first-order chi connectivity index (χ1) is 15.4. The fourth-order valence-electron chi connectivity index (χ4n) is 3.93. The number of carbonyl (C=O) groups is 2. The van der Waals surface area contributed by atoms with Gasteiger partial charge in [-0.05, 0) is 49.6 Å². The number of amides is 1. The molecule has 0 aliphatic carbocycles. The molecule has 1 atom stereocenters. The smallest absolute Gasteiger partial charge is 0.295 e. The molecule has 1 aliphatic heterocycles. The monoisotopic (exact) mass is 437 g/mol. The number of likely N-dealkylation sites (tertiary alicyclic amines) is 1. The number of rotatable bonds is 9. The fourth-order valence-corrected chi connectivity index (χ4v) is 3.93. The maximum Gasteiger partial charge on any atom is 0.295 e. The molecule has 1 unspecified atom stereocenters. The molecule has 0 radical (unpaired) electrons. The van der Waals surface area contributed by atoms with Crippen LogP contribution in [0.3, 0.4) is 0 Å². The van der Waals surface area contributed by atoms with Crippen LogP contribution in [-0.2, 0) is 9.59 Å². The Morgan fingerprint density at radius 2 is 1.88 bits per heavy atom. The van der Waals surface area contributed by atoms with Crippen molar-refractivity contribution in [2.24, 2.45) is 0 Å². The van der Waals surface area contributed by atoms with Crippen LogP contribution in [0.25, 0.3) is 5.76 Å². The number of hydrogen-bond acceptors (Lipinski definition) is 5. The van der Waals surface area contributed by atoms with Gasteiger partial charge in [-0.3, -0.25) is 9.59 Å². The van der Waals surface area contributed by atoms with Crippen molar-refractivity contribution in [3.63, 3.8) is 0 Å². The van der Waals surface area contributed by atoms with Crippen molar-refractivity contribution in [1.29, 1.82) is 0 Å². The van der Waals surface area contributed by atoms with Crippen LogP contribution in [0.4, 0.5) is 0 Å². The topological polar surface area (TPSA) is 76.1 Å². The van der Waals surface area contributed by atoms with E-state index in [2.05, 4.69) is 0 Å². The van der Waals surface area contributed by atoms with Gasteiger partial charge < -0.3 is 19.5 Å². The summed E-state index contributed by atoms with van der Waals surface area (Å²) in [5, 5.41) is 11.3. The minimum absolute atomic E-state index is 0.0719. The van der Waals surface area contributed by atoms with Gasteiger partial charge >= 0.3 is 0 Å². The lowest BCUT2D eigenvalue weighted by Gasteiger charge is -2.25. The van der Waals surface area contributed by atoms with Crippen molar-refractivity contribution in [3.8, 4) is 11.5 Å². The van der Waals surface area contributed by atoms with E-state index in [1.165, 1.54) is 7.11 Å². The molecule has 1 fully saturated rings. The molecule has 0 bridgehead atoms. The van der Waals surface area contributed by atoms with Gasteiger partial charge in [-0.15, -0.1) is 0 Å². The zero-order chi connectivity index (χ0) is 23.3. The Morgan fingerprint density at radius 3 is 2.56 bits per heavy atom. The number of methoxy groups -OCH3 is 1. The summed E-state index contributed by atoms with van der Waals surface area (Å²) in [5.41, 5.74) is 2.09. The predicted octanol–water partition coefficient (Wildman–Crippen LogP) is 5.01. The lowest BCUT2D eigenvalue weighted by molar-refractivity contribution is -0.139. The summed E-state index contributed by atoms with van der Waals surface area (Å²) in [5.74, 6) is -0.415. The molecule has 1 saturated heterocycles. The van der Waals surface area contributed by atoms with E-state index in [-0.39, 0.29) is 11.3 Å². The molecule has 6 heteroatoms. The number of Topliss-reactive ketones (excluding diaryl/α,β-unsaturated/α-hetero) is 1. The molecular weight excluding hydrogens is 406 g/mol. The Kier molecular flexibility index (Phi) is 7.57. The van der Waals surface area contributed by atoms with E-state index in [4.69, 9.17) is 9.47 Å². The normalized spacial score (nSPS) is 17.6. The number of unbranched alkanes of at least 4 members (excludes halogenated alkanes) is 1. The molecule has 0 saturated carbocycles. The average molecular weight is 438 g/mol. The lowest BCUT2D eigenvalue weighted by atomic mass is 9.94. The van der Waals surface area contributed by atoms with Gasteiger partial charge in [0.25, 0.3) is 11.7 Å². The molecule has 2 aromatic rings. The molecule has 2 aromatic carbocycles. The van der Waals surface area contributed by atoms with Gasteiger partial charge in [0.05, 0.1) is 30.9 Å². The molecule has 1 heterocycles. The second kappa shape index (κ2) is 10.4. The lowest BCUT2D eigenvalue weighted by Crippen LogP contribution is -2.30. The number of ether oxygens (including phenoxy) is 2. The van der Waals surface area contributed by atoms with Gasteiger partial charge in [-0.2, -0.15) is 0 Å². The number of hydrogen-bond donors (Lipinski definition) is 1. The SMILES string of the molecule is CCCCN1C(=O)C(=O)/C(=C(/O)c2cc(C)ccc2OC)C1c1cccc(OCCC)c1. The number of aryl methyl sites for hydroxylation is 1. The fraction of sp³-hybridized carbons (Fsp3) is 0.385. The summed E-state index contributed by atoms with van der Waals surface area (Å²) in [7, 11) is 1.51. The molecule has 1 amide bonds. The van der Waals surface area contributed by atoms with E-state index in [0.717, 1.165) is 30.4 Å². The molecule has 0 aromatic heterocycles. The van der Waals surface area contributed by atoms with Crippen molar-refractivity contribution in [2.75, 3.05) is 20.3 Å². The molecule has 6 nitrogen and oxygen atoms in total. The van der Waals surface area contributed by atoms with Gasteiger partial charge in [0.1, 0.15) is 17.3 Å². The van der Waals surface area contributed by atoms with Crippen LogP contribution in [0.2, 0.25) is 0 Å². The Hall–Kier alpha value is -3.28. The summed E-state index contributed by atoms with van der Waals surface area (Å²) in [6, 6.07) is 12.0. The highest BCUT2D eigenvalue weighted by molar-refractivity contribution is 6.46. The van der Waals surface area contributed by atoms with Crippen molar-refractivity contribution >= 4 is 17.4 Å². The average Bonchev–Trinajstić information content (AvgIpc) is 3.05. The first kappa shape index (κ1) is 23.4. The zero-order valence-corrected chi connectivity index (χ0v) is 19.2. The van der Waals surface area contributed by atoms with E-state index in [1.54, 1.807) is 17.0 Å². The van der Waals surface area contributed by atoms with Crippen molar-refractivity contribution in [2.45, 2.75) is 46.1 Å². The highest BCUT2D eigenvalue weighted by atomic mass is 16.5. The van der Waals surface area contributed by atoms with Crippen molar-refractivity contribution < 1.29 is 24.2 Å². The second-order valence-corrected chi connectivity index (χ2v) is 7.97. The van der Waals surface area contributed by atoms with Gasteiger partial charge in [0.2, 0.25) is 0 Å². The number of nitrogens with zero attached hydrogens (tertiary/aromatic N) is 1. The Bertz CT molecular complexity index is 1030. The first-order valence-corrected chi connectivity index (χ1v) is 11.1. The minimum atomic E-state index is -0.697. The van der Waals surface area contributed by atoms with Crippen molar-refractivity contribution in [1.82, 2.24) is 4.90 Å². The molecule has 32 heavy (non-hydrogen) atoms. The first-order valence-electron chi connectivity index (χ1n) is 11.1. The van der Waals surface area contributed by atoms with Gasteiger partial charge in [-0.25, -0.2) is 0 Å². The second-order valence-electron chi connectivity index (χ2n) is 7.97. The van der Waals surface area contributed by atoms with E-state index < -0.39 is 17.7 Å². The number of benzene rings is 2. The standard InChI is InChI=1S/C26H31NO5/c1-5-7-13-27-23(18-9-8-10-19(16-18)32-14-6-2)22(25(29)26(27)30)24(28)20-15-17(3)11-12-21(20)31-4/h8-12,15-16,23,28H,5-7,13-14H2,1-4H3/b24-22+. The van der Waals surface area contributed by atoms with Gasteiger partial charge in [0.15, 0.2) is 0 Å². The highest BCUT2D eigenvalue weighted by Gasteiger charge is 2.46. The van der Waals surface area contributed by atoms with E-state index in [9.17, 15) is 14.7 Å². The quantitative estimate of drug-likeness (QED) is 0.339. The van der Waals surface area contributed by atoms with Crippen LogP contribution >= 0.6 is 0 Å². The van der Waals surface area contributed by atoms with Crippen LogP contribution < -0.4 is 9.47 Å². The molecule has 170 valence electrons.